The van der Waals surface area contributed by atoms with Crippen LogP contribution < -0.4 is 5.73 Å². The lowest BCUT2D eigenvalue weighted by atomic mass is 9.55. The number of nitrogens with two attached hydrogens (primary N) is 1. The van der Waals surface area contributed by atoms with E-state index >= 15 is 0 Å². The van der Waals surface area contributed by atoms with Gasteiger partial charge < -0.3 is 31.3 Å². The Morgan fingerprint density at radius 3 is 2.31 bits per heavy atom. The molecule has 5 rings (SSSR count). The molecule has 0 heterocycles. The second kappa shape index (κ2) is 9.06. The van der Waals surface area contributed by atoms with E-state index in [1.807, 2.05) is 0 Å². The number of ketones is 2. The second-order valence-electron chi connectivity index (χ2n) is 10.1. The number of hydrogen-bond acceptors (Lipinski definition) is 9. The Labute approximate surface area is 227 Å². The van der Waals surface area contributed by atoms with Crippen LogP contribution >= 0.6 is 11.6 Å². The normalized spacial score (nSPS) is 29.4. The summed E-state index contributed by atoms with van der Waals surface area (Å²) in [6.45, 7) is 0. The molecule has 0 saturated heterocycles. The third-order valence-electron chi connectivity index (χ3n) is 7.72. The lowest BCUT2D eigenvalue weighted by Crippen LogP contribution is -2.70. The monoisotopic (exact) mass is 552 g/mol. The maximum absolute atomic E-state index is 14.1. The number of aromatic hydroxyl groups is 1. The zero-order valence-corrected chi connectivity index (χ0v) is 21.5. The minimum atomic E-state index is -2.99. The van der Waals surface area contributed by atoms with Crippen molar-refractivity contribution in [2.45, 2.75) is 17.7 Å². The zero-order chi connectivity index (χ0) is 28.5. The summed E-state index contributed by atoms with van der Waals surface area (Å²) in [5.74, 6) is -8.94. The summed E-state index contributed by atoms with van der Waals surface area (Å²) in [6, 6.07) is 9.58. The number of phenolic OH excluding ortho intramolecular Hbond substituents is 1. The largest absolute Gasteiger partial charge is 0.508 e. The molecule has 0 bridgehead atoms. The number of phenols is 1. The molecule has 2 aromatic carbocycles. The molecule has 1 saturated carbocycles. The Balaban J connectivity index is 1.86. The van der Waals surface area contributed by atoms with Crippen LogP contribution in [0.4, 0.5) is 0 Å². The number of likely N-dealkylation sites (N-methyl/N-ethyl adjacent to an activating group) is 1. The molecule has 2 aromatic rings. The SMILES string of the molecule is CN(C)C1C(=O)C(C(N)=O)=C(O)C2(O)C(=O)C3=C(O)c4c(O)cccc4/C(=C\c4ccc(Cl)cc4)C3C(O)C12. The smallest absolute Gasteiger partial charge is 0.255 e. The van der Waals surface area contributed by atoms with E-state index in [9.17, 15) is 39.9 Å². The van der Waals surface area contributed by atoms with Crippen LogP contribution in [0.1, 0.15) is 16.7 Å². The summed E-state index contributed by atoms with van der Waals surface area (Å²) in [4.78, 5) is 40.9. The van der Waals surface area contributed by atoms with Gasteiger partial charge in [0.2, 0.25) is 5.78 Å². The molecule has 5 unspecified atom stereocenters. The molecule has 202 valence electrons. The molecule has 5 atom stereocenters. The first-order valence-corrected chi connectivity index (χ1v) is 12.3. The number of Topliss-reactive ketones (excluding diaryl/α,β-unsaturated/α-hetero) is 2. The highest BCUT2D eigenvalue weighted by atomic mass is 35.5. The van der Waals surface area contributed by atoms with Crippen molar-refractivity contribution in [2.75, 3.05) is 14.1 Å². The number of carbonyl (C=O) groups is 3. The van der Waals surface area contributed by atoms with Crippen LogP contribution in [0, 0.1) is 11.8 Å². The number of carbonyl (C=O) groups excluding carboxylic acids is 3. The summed E-state index contributed by atoms with van der Waals surface area (Å²) in [7, 11) is 2.89. The number of fused-ring (bicyclic) bond motifs is 3. The van der Waals surface area contributed by atoms with Crippen molar-refractivity contribution in [3.05, 3.63) is 81.1 Å². The molecule has 3 aliphatic carbocycles. The first kappa shape index (κ1) is 26.6. The van der Waals surface area contributed by atoms with Gasteiger partial charge in [-0.25, -0.2) is 0 Å². The Hall–Kier alpha value is -3.96. The van der Waals surface area contributed by atoms with Crippen molar-refractivity contribution in [3.8, 4) is 5.75 Å². The minimum absolute atomic E-state index is 0.124. The molecule has 1 fully saturated rings. The van der Waals surface area contributed by atoms with Crippen LogP contribution in [-0.4, -0.2) is 79.7 Å². The van der Waals surface area contributed by atoms with Crippen LogP contribution in [0.25, 0.3) is 17.4 Å². The average molecular weight is 553 g/mol. The fourth-order valence-corrected chi connectivity index (χ4v) is 6.17. The Kier molecular flexibility index (Phi) is 6.19. The molecule has 0 aliphatic heterocycles. The van der Waals surface area contributed by atoms with Crippen molar-refractivity contribution in [2.24, 2.45) is 17.6 Å². The second-order valence-corrected chi connectivity index (χ2v) is 10.5. The first-order chi connectivity index (χ1) is 18.3. The van der Waals surface area contributed by atoms with Gasteiger partial charge in [-0.15, -0.1) is 0 Å². The zero-order valence-electron chi connectivity index (χ0n) is 20.8. The van der Waals surface area contributed by atoms with E-state index < -0.39 is 69.7 Å². The molecular weight excluding hydrogens is 528 g/mol. The Bertz CT molecular complexity index is 1540. The fraction of sp³-hybridized carbons (Fsp3) is 0.250. The summed E-state index contributed by atoms with van der Waals surface area (Å²) in [5.41, 5.74) is 1.96. The van der Waals surface area contributed by atoms with E-state index in [0.717, 1.165) is 0 Å². The molecule has 3 aliphatic rings. The number of halogens is 1. The molecule has 11 heteroatoms. The van der Waals surface area contributed by atoms with E-state index in [-0.39, 0.29) is 11.3 Å². The van der Waals surface area contributed by atoms with Gasteiger partial charge in [0.05, 0.1) is 29.2 Å². The Morgan fingerprint density at radius 1 is 1.08 bits per heavy atom. The maximum atomic E-state index is 14.1. The number of amides is 1. The van der Waals surface area contributed by atoms with Crippen molar-refractivity contribution in [1.29, 1.82) is 0 Å². The number of benzene rings is 2. The highest BCUT2D eigenvalue weighted by molar-refractivity contribution is 6.30. The quantitative estimate of drug-likeness (QED) is 0.308. The van der Waals surface area contributed by atoms with Crippen LogP contribution in [0.5, 0.6) is 5.75 Å². The maximum Gasteiger partial charge on any atom is 0.255 e. The number of hydrogen-bond donors (Lipinski definition) is 6. The lowest BCUT2D eigenvalue weighted by molar-refractivity contribution is -0.166. The van der Waals surface area contributed by atoms with E-state index in [1.54, 1.807) is 36.4 Å². The summed E-state index contributed by atoms with van der Waals surface area (Å²) in [5, 5.41) is 57.1. The van der Waals surface area contributed by atoms with Crippen molar-refractivity contribution >= 4 is 46.5 Å². The van der Waals surface area contributed by atoms with Crippen molar-refractivity contribution in [3.63, 3.8) is 0 Å². The molecule has 0 radical (unpaired) electrons. The van der Waals surface area contributed by atoms with Crippen LogP contribution in [0.2, 0.25) is 5.02 Å². The minimum Gasteiger partial charge on any atom is -0.508 e. The highest BCUT2D eigenvalue weighted by Crippen LogP contribution is 2.56. The van der Waals surface area contributed by atoms with E-state index in [2.05, 4.69) is 0 Å². The van der Waals surface area contributed by atoms with Gasteiger partial charge in [-0.1, -0.05) is 41.9 Å². The third-order valence-corrected chi connectivity index (χ3v) is 7.97. The summed E-state index contributed by atoms with van der Waals surface area (Å²) in [6.07, 6.45) is -0.112. The topological polar surface area (TPSA) is 182 Å². The van der Waals surface area contributed by atoms with Gasteiger partial charge in [-0.2, -0.15) is 0 Å². The molecule has 0 spiro atoms. The summed E-state index contributed by atoms with van der Waals surface area (Å²) < 4.78 is 0. The van der Waals surface area contributed by atoms with E-state index in [4.69, 9.17) is 17.3 Å². The fourth-order valence-electron chi connectivity index (χ4n) is 6.05. The summed E-state index contributed by atoms with van der Waals surface area (Å²) >= 11 is 6.02. The highest BCUT2D eigenvalue weighted by Gasteiger charge is 2.68. The molecule has 7 N–H and O–H groups in total. The van der Waals surface area contributed by atoms with E-state index in [0.29, 0.717) is 21.7 Å². The van der Waals surface area contributed by atoms with Crippen LogP contribution in [0.15, 0.2) is 59.4 Å². The van der Waals surface area contributed by atoms with Crippen LogP contribution in [-0.2, 0) is 14.4 Å². The number of nitrogens with zero attached hydrogens (tertiary/aromatic N) is 1. The van der Waals surface area contributed by atoms with Gasteiger partial charge in [0.1, 0.15) is 22.8 Å². The number of aliphatic hydroxyl groups is 4. The molecule has 1 amide bonds. The first-order valence-electron chi connectivity index (χ1n) is 11.9. The van der Waals surface area contributed by atoms with Gasteiger partial charge in [0.15, 0.2) is 11.4 Å². The van der Waals surface area contributed by atoms with Crippen LogP contribution in [0.3, 0.4) is 0 Å². The Morgan fingerprint density at radius 2 is 1.72 bits per heavy atom. The molecule has 39 heavy (non-hydrogen) atoms. The third kappa shape index (κ3) is 3.64. The van der Waals surface area contributed by atoms with Gasteiger partial charge in [-0.3, -0.25) is 19.3 Å². The van der Waals surface area contributed by atoms with Gasteiger partial charge >= 0.3 is 0 Å². The lowest BCUT2D eigenvalue weighted by Gasteiger charge is -2.53. The number of aliphatic hydroxyl groups excluding tert-OH is 3. The number of primary amides is 1. The van der Waals surface area contributed by atoms with Crippen molar-refractivity contribution in [1.82, 2.24) is 4.90 Å². The predicted molar refractivity (Wildman–Crippen MR) is 141 cm³/mol. The number of rotatable bonds is 3. The molecular formula is C28H25ClN2O8. The van der Waals surface area contributed by atoms with Crippen molar-refractivity contribution < 1.29 is 39.9 Å². The average Bonchev–Trinajstić information content (AvgIpc) is 2.86. The van der Waals surface area contributed by atoms with Gasteiger partial charge in [0, 0.05) is 10.9 Å². The molecule has 0 aromatic heterocycles. The van der Waals surface area contributed by atoms with Gasteiger partial charge in [0.25, 0.3) is 5.91 Å². The van der Waals surface area contributed by atoms with Gasteiger partial charge in [-0.05, 0) is 49.0 Å². The van der Waals surface area contributed by atoms with E-state index in [1.165, 1.54) is 31.1 Å². The standard InChI is InChI=1S/C28H25ClN2O8/c1-31(2)21-20-23(34)17-14(10-11-6-8-12(29)9-7-11)13-4-3-5-15(32)16(13)22(33)18(17)25(36)28(20,39)26(37)19(24(21)35)27(30)38/h3-10,17,20-21,23,32-34,37,39H,1-2H3,(H2,30,38)/b14-10+. The predicted octanol–water partition coefficient (Wildman–Crippen LogP) is 1.59. The molecule has 10 nitrogen and oxygen atoms in total.